The Morgan fingerprint density at radius 2 is 1.94 bits per heavy atom. The highest BCUT2D eigenvalue weighted by atomic mass is 32.1. The number of nitrogens with one attached hydrogen (secondary N) is 1. The van der Waals surface area contributed by atoms with Crippen LogP contribution in [-0.2, 0) is 9.53 Å². The molecule has 0 radical (unpaired) electrons. The fourth-order valence-corrected chi connectivity index (χ4v) is 1.20. The Bertz CT molecular complexity index is 195. The van der Waals surface area contributed by atoms with Crippen LogP contribution in [0.4, 0.5) is 0 Å². The molecule has 3 nitrogen and oxygen atoms in total. The minimum absolute atomic E-state index is 0.0159. The number of carbonyl (C=O) groups is 1. The van der Waals surface area contributed by atoms with Crippen molar-refractivity contribution in [1.29, 1.82) is 0 Å². The van der Waals surface area contributed by atoms with Crippen LogP contribution in [0.5, 0.6) is 0 Å². The Morgan fingerprint density at radius 3 is 2.44 bits per heavy atom. The number of rotatable bonds is 8. The van der Waals surface area contributed by atoms with Gasteiger partial charge in [-0.3, -0.25) is 4.79 Å². The number of ether oxygens (including phenoxy) is 1. The summed E-state index contributed by atoms with van der Waals surface area (Å²) in [5.74, 6) is 0.847. The summed E-state index contributed by atoms with van der Waals surface area (Å²) in [6.45, 7) is 10.4. The van der Waals surface area contributed by atoms with Crippen molar-refractivity contribution in [3.05, 3.63) is 0 Å². The summed E-state index contributed by atoms with van der Waals surface area (Å²) in [6.07, 6.45) is 0.858. The van der Waals surface area contributed by atoms with Crippen molar-refractivity contribution >= 4 is 18.5 Å². The molecular formula is C12H25NO2S. The molecule has 96 valence electrons. The minimum Gasteiger partial charge on any atom is -0.381 e. The lowest BCUT2D eigenvalue weighted by atomic mass is 10.1. The van der Waals surface area contributed by atoms with Gasteiger partial charge in [-0.15, -0.1) is 0 Å². The summed E-state index contributed by atoms with van der Waals surface area (Å²) < 4.78 is 5.41. The first-order chi connectivity index (χ1) is 7.45. The quantitative estimate of drug-likeness (QED) is 0.509. The molecule has 0 fully saturated rings. The third-order valence-electron chi connectivity index (χ3n) is 2.12. The highest BCUT2D eigenvalue weighted by Crippen LogP contribution is 2.08. The molecule has 16 heavy (non-hydrogen) atoms. The van der Waals surface area contributed by atoms with Gasteiger partial charge in [-0.1, -0.05) is 27.7 Å². The summed E-state index contributed by atoms with van der Waals surface area (Å²) in [4.78, 5) is 11.5. The molecule has 0 aromatic carbocycles. The van der Waals surface area contributed by atoms with E-state index in [1.807, 2.05) is 13.8 Å². The van der Waals surface area contributed by atoms with Crippen molar-refractivity contribution in [3.63, 3.8) is 0 Å². The zero-order chi connectivity index (χ0) is 12.6. The van der Waals surface area contributed by atoms with Gasteiger partial charge in [0.05, 0.1) is 5.25 Å². The van der Waals surface area contributed by atoms with Crippen molar-refractivity contribution < 1.29 is 9.53 Å². The predicted molar refractivity (Wildman–Crippen MR) is 70.9 cm³/mol. The molecule has 1 amide bonds. The number of hydrogen-bond donors (Lipinski definition) is 2. The fraction of sp³-hybridized carbons (Fsp3) is 0.917. The van der Waals surface area contributed by atoms with Crippen molar-refractivity contribution in [2.45, 2.75) is 39.4 Å². The first-order valence-electron chi connectivity index (χ1n) is 5.98. The maximum Gasteiger partial charge on any atom is 0.233 e. The highest BCUT2D eigenvalue weighted by Gasteiger charge is 2.16. The summed E-state index contributed by atoms with van der Waals surface area (Å²) in [7, 11) is 0. The van der Waals surface area contributed by atoms with Gasteiger partial charge in [-0.2, -0.15) is 12.6 Å². The highest BCUT2D eigenvalue weighted by molar-refractivity contribution is 7.81. The Balaban J connectivity index is 3.41. The average molecular weight is 247 g/mol. The molecule has 1 unspecified atom stereocenters. The number of carbonyl (C=O) groups excluding carboxylic acids is 1. The Labute approximate surface area is 105 Å². The van der Waals surface area contributed by atoms with Crippen molar-refractivity contribution in [2.75, 3.05) is 19.8 Å². The topological polar surface area (TPSA) is 38.3 Å². The molecule has 0 aliphatic carbocycles. The van der Waals surface area contributed by atoms with Gasteiger partial charge in [0.2, 0.25) is 5.91 Å². The zero-order valence-electron chi connectivity index (χ0n) is 10.8. The lowest BCUT2D eigenvalue weighted by Gasteiger charge is -2.14. The van der Waals surface area contributed by atoms with Crippen LogP contribution in [0.15, 0.2) is 0 Å². The summed E-state index contributed by atoms with van der Waals surface area (Å²) >= 11 is 4.25. The van der Waals surface area contributed by atoms with Crippen molar-refractivity contribution in [1.82, 2.24) is 5.32 Å². The molecule has 4 heteroatoms. The van der Waals surface area contributed by atoms with Crippen LogP contribution in [0.1, 0.15) is 34.1 Å². The smallest absolute Gasteiger partial charge is 0.233 e. The summed E-state index contributed by atoms with van der Waals surface area (Å²) in [5.41, 5.74) is 0. The Kier molecular flexibility index (Phi) is 8.76. The van der Waals surface area contributed by atoms with Crippen LogP contribution >= 0.6 is 12.6 Å². The van der Waals surface area contributed by atoms with Crippen LogP contribution < -0.4 is 5.32 Å². The van der Waals surface area contributed by atoms with Gasteiger partial charge in [0.25, 0.3) is 0 Å². The van der Waals surface area contributed by atoms with Gasteiger partial charge < -0.3 is 10.1 Å². The average Bonchev–Trinajstić information content (AvgIpc) is 2.21. The van der Waals surface area contributed by atoms with E-state index in [1.165, 1.54) is 0 Å². The second-order valence-corrected chi connectivity index (χ2v) is 5.36. The molecule has 1 N–H and O–H groups in total. The summed E-state index contributed by atoms with van der Waals surface area (Å²) in [6, 6.07) is 0. The summed E-state index contributed by atoms with van der Waals surface area (Å²) in [5, 5.41) is 2.65. The van der Waals surface area contributed by atoms with E-state index >= 15 is 0 Å². The lowest BCUT2D eigenvalue weighted by molar-refractivity contribution is -0.121. The van der Waals surface area contributed by atoms with Gasteiger partial charge in [0.15, 0.2) is 0 Å². The molecule has 0 saturated carbocycles. The fourth-order valence-electron chi connectivity index (χ4n) is 1.11. The van der Waals surface area contributed by atoms with Crippen LogP contribution in [0.2, 0.25) is 0 Å². The van der Waals surface area contributed by atoms with Crippen molar-refractivity contribution in [3.8, 4) is 0 Å². The zero-order valence-corrected chi connectivity index (χ0v) is 11.7. The predicted octanol–water partition coefficient (Wildman–Crippen LogP) is 2.12. The minimum atomic E-state index is -0.211. The van der Waals surface area contributed by atoms with E-state index < -0.39 is 0 Å². The third kappa shape index (κ3) is 7.99. The van der Waals surface area contributed by atoms with Crippen LogP contribution in [0.25, 0.3) is 0 Å². The van der Waals surface area contributed by atoms with Gasteiger partial charge >= 0.3 is 0 Å². The second kappa shape index (κ2) is 8.88. The van der Waals surface area contributed by atoms with E-state index in [4.69, 9.17) is 4.74 Å². The largest absolute Gasteiger partial charge is 0.381 e. The van der Waals surface area contributed by atoms with E-state index in [2.05, 4.69) is 31.8 Å². The first kappa shape index (κ1) is 15.8. The van der Waals surface area contributed by atoms with E-state index in [0.29, 0.717) is 19.1 Å². The molecule has 0 aromatic rings. The van der Waals surface area contributed by atoms with E-state index in [9.17, 15) is 4.79 Å². The standard InChI is InChI=1S/C12H25NO2S/c1-9(2)8-15-7-5-6-13-12(14)11(16)10(3)4/h9-11,16H,5-8H2,1-4H3,(H,13,14). The van der Waals surface area contributed by atoms with Crippen LogP contribution in [-0.4, -0.2) is 30.9 Å². The maximum atomic E-state index is 11.5. The van der Waals surface area contributed by atoms with E-state index in [-0.39, 0.29) is 17.1 Å². The molecule has 1 atom stereocenters. The molecule has 0 spiro atoms. The normalized spacial score (nSPS) is 13.2. The molecule has 0 saturated heterocycles. The molecule has 0 aliphatic rings. The van der Waals surface area contributed by atoms with Gasteiger partial charge in [-0.05, 0) is 18.3 Å². The number of thiol groups is 1. The third-order valence-corrected chi connectivity index (χ3v) is 2.95. The Morgan fingerprint density at radius 1 is 1.31 bits per heavy atom. The van der Waals surface area contributed by atoms with E-state index in [1.54, 1.807) is 0 Å². The molecule has 0 aliphatic heterocycles. The maximum absolute atomic E-state index is 11.5. The lowest BCUT2D eigenvalue weighted by Crippen LogP contribution is -2.35. The first-order valence-corrected chi connectivity index (χ1v) is 6.50. The molecular weight excluding hydrogens is 222 g/mol. The molecule has 0 heterocycles. The molecule has 0 bridgehead atoms. The molecule has 0 rings (SSSR count). The van der Waals surface area contributed by atoms with E-state index in [0.717, 1.165) is 13.0 Å². The van der Waals surface area contributed by atoms with Gasteiger partial charge in [-0.25, -0.2) is 0 Å². The SMILES string of the molecule is CC(C)COCCCNC(=O)C(S)C(C)C. The van der Waals surface area contributed by atoms with Crippen molar-refractivity contribution in [2.24, 2.45) is 11.8 Å². The molecule has 0 aromatic heterocycles. The number of amides is 1. The van der Waals surface area contributed by atoms with Gasteiger partial charge in [0.1, 0.15) is 0 Å². The van der Waals surface area contributed by atoms with Crippen LogP contribution in [0, 0.1) is 11.8 Å². The monoisotopic (exact) mass is 247 g/mol. The van der Waals surface area contributed by atoms with Crippen LogP contribution in [0.3, 0.4) is 0 Å². The Hall–Kier alpha value is -0.220. The second-order valence-electron chi connectivity index (χ2n) is 4.80. The number of hydrogen-bond acceptors (Lipinski definition) is 3. The van der Waals surface area contributed by atoms with Gasteiger partial charge in [0, 0.05) is 19.8 Å².